The lowest BCUT2D eigenvalue weighted by Gasteiger charge is -2.16. The van der Waals surface area contributed by atoms with Crippen LogP contribution in [0.25, 0.3) is 0 Å². The molecular formula is C19H20N4O5. The molecule has 146 valence electrons. The van der Waals surface area contributed by atoms with Crippen molar-refractivity contribution in [3.63, 3.8) is 0 Å². The molecule has 0 aliphatic rings. The summed E-state index contributed by atoms with van der Waals surface area (Å²) < 4.78 is 17.4. The van der Waals surface area contributed by atoms with E-state index in [0.29, 0.717) is 22.9 Å². The number of methoxy groups -OCH3 is 2. The lowest BCUT2D eigenvalue weighted by atomic mass is 10.2. The van der Waals surface area contributed by atoms with Crippen LogP contribution in [0.4, 0.5) is 5.69 Å². The highest BCUT2D eigenvalue weighted by atomic mass is 16.5. The van der Waals surface area contributed by atoms with Gasteiger partial charge in [0.2, 0.25) is 0 Å². The van der Waals surface area contributed by atoms with Gasteiger partial charge in [-0.25, -0.2) is 0 Å². The second-order valence-corrected chi connectivity index (χ2v) is 5.75. The van der Waals surface area contributed by atoms with Crippen LogP contribution in [0, 0.1) is 0 Å². The average Bonchev–Trinajstić information content (AvgIpc) is 3.42. The summed E-state index contributed by atoms with van der Waals surface area (Å²) in [5.41, 5.74) is 0.330. The molecule has 0 bridgehead atoms. The number of carbonyl (C=O) groups is 2. The Labute approximate surface area is 161 Å². The number of furan rings is 1. The van der Waals surface area contributed by atoms with Gasteiger partial charge in [-0.1, -0.05) is 0 Å². The Kier molecular flexibility index (Phi) is 5.95. The molecule has 0 radical (unpaired) electrons. The van der Waals surface area contributed by atoms with Gasteiger partial charge in [-0.15, -0.1) is 0 Å². The summed E-state index contributed by atoms with van der Waals surface area (Å²) in [7, 11) is 2.97. The number of nitrogens with one attached hydrogen (secondary N) is 2. The summed E-state index contributed by atoms with van der Waals surface area (Å²) in [5.74, 6) is -0.0855. The van der Waals surface area contributed by atoms with Crippen molar-refractivity contribution in [3.05, 3.63) is 60.8 Å². The van der Waals surface area contributed by atoms with E-state index in [2.05, 4.69) is 15.7 Å². The molecule has 0 spiro atoms. The predicted molar refractivity (Wildman–Crippen MR) is 100 cm³/mol. The number of nitrogens with zero attached hydrogens (tertiary/aromatic N) is 2. The van der Waals surface area contributed by atoms with Gasteiger partial charge in [0.25, 0.3) is 0 Å². The van der Waals surface area contributed by atoms with Crippen LogP contribution in [0.15, 0.2) is 59.5 Å². The zero-order valence-corrected chi connectivity index (χ0v) is 15.4. The van der Waals surface area contributed by atoms with Crippen molar-refractivity contribution < 1.29 is 23.5 Å². The predicted octanol–water partition coefficient (Wildman–Crippen LogP) is 1.84. The first-order chi connectivity index (χ1) is 13.6. The minimum absolute atomic E-state index is 0.122. The molecule has 0 saturated carbocycles. The van der Waals surface area contributed by atoms with Crippen LogP contribution < -0.4 is 20.1 Å². The third-order valence-corrected chi connectivity index (χ3v) is 4.03. The molecule has 2 heterocycles. The van der Waals surface area contributed by atoms with Gasteiger partial charge in [0.05, 0.1) is 26.2 Å². The molecule has 3 aromatic rings. The standard InChI is InChI=1S/C19H20N4O5/c1-26-13-6-7-16(27-2)14(11-13)22-19(25)18(24)20-12-15(17-5-3-10-28-17)23-9-4-8-21-23/h3-11,15H,12H2,1-2H3,(H,20,24)(H,22,25). The van der Waals surface area contributed by atoms with Crippen LogP contribution in [-0.4, -0.2) is 42.4 Å². The highest BCUT2D eigenvalue weighted by Crippen LogP contribution is 2.28. The first-order valence-electron chi connectivity index (χ1n) is 8.46. The molecule has 1 aromatic carbocycles. The molecule has 2 N–H and O–H groups in total. The van der Waals surface area contributed by atoms with E-state index in [0.717, 1.165) is 0 Å². The third-order valence-electron chi connectivity index (χ3n) is 4.03. The second-order valence-electron chi connectivity index (χ2n) is 5.75. The molecule has 28 heavy (non-hydrogen) atoms. The van der Waals surface area contributed by atoms with Gasteiger partial charge in [0, 0.05) is 25.0 Å². The van der Waals surface area contributed by atoms with E-state index in [9.17, 15) is 9.59 Å². The molecule has 0 aliphatic heterocycles. The lowest BCUT2D eigenvalue weighted by Crippen LogP contribution is -2.39. The molecule has 2 amide bonds. The van der Waals surface area contributed by atoms with E-state index >= 15 is 0 Å². The van der Waals surface area contributed by atoms with E-state index in [1.165, 1.54) is 20.5 Å². The number of hydrogen-bond acceptors (Lipinski definition) is 6. The molecule has 0 saturated heterocycles. The van der Waals surface area contributed by atoms with Crippen molar-refractivity contribution in [2.75, 3.05) is 26.1 Å². The van der Waals surface area contributed by atoms with Gasteiger partial charge in [0.15, 0.2) is 0 Å². The topological polar surface area (TPSA) is 108 Å². The molecule has 9 nitrogen and oxygen atoms in total. The van der Waals surface area contributed by atoms with E-state index in [1.807, 2.05) is 0 Å². The number of rotatable bonds is 7. The number of benzene rings is 1. The smallest absolute Gasteiger partial charge is 0.313 e. The summed E-state index contributed by atoms with van der Waals surface area (Å²) in [6.07, 6.45) is 4.91. The minimum Gasteiger partial charge on any atom is -0.497 e. The van der Waals surface area contributed by atoms with E-state index < -0.39 is 11.8 Å². The maximum absolute atomic E-state index is 12.3. The minimum atomic E-state index is -0.829. The zero-order chi connectivity index (χ0) is 19.9. The van der Waals surface area contributed by atoms with Gasteiger partial charge in [0.1, 0.15) is 23.3 Å². The van der Waals surface area contributed by atoms with Crippen molar-refractivity contribution in [3.8, 4) is 11.5 Å². The van der Waals surface area contributed by atoms with Crippen LogP contribution in [0.3, 0.4) is 0 Å². The number of carbonyl (C=O) groups excluding carboxylic acids is 2. The maximum Gasteiger partial charge on any atom is 0.313 e. The average molecular weight is 384 g/mol. The van der Waals surface area contributed by atoms with Crippen molar-refractivity contribution >= 4 is 17.5 Å². The Morgan fingerprint density at radius 3 is 2.68 bits per heavy atom. The van der Waals surface area contributed by atoms with Gasteiger partial charge >= 0.3 is 11.8 Å². The highest BCUT2D eigenvalue weighted by molar-refractivity contribution is 6.39. The van der Waals surface area contributed by atoms with Gasteiger partial charge < -0.3 is 24.5 Å². The van der Waals surface area contributed by atoms with Crippen LogP contribution in [-0.2, 0) is 9.59 Å². The summed E-state index contributed by atoms with van der Waals surface area (Å²) in [4.78, 5) is 24.6. The van der Waals surface area contributed by atoms with Crippen LogP contribution in [0.5, 0.6) is 11.5 Å². The number of hydrogen-bond donors (Lipinski definition) is 2. The van der Waals surface area contributed by atoms with Crippen molar-refractivity contribution in [2.45, 2.75) is 6.04 Å². The van der Waals surface area contributed by atoms with Gasteiger partial charge in [-0.05, 0) is 30.3 Å². The lowest BCUT2D eigenvalue weighted by molar-refractivity contribution is -0.136. The van der Waals surface area contributed by atoms with Crippen molar-refractivity contribution in [1.29, 1.82) is 0 Å². The first-order valence-corrected chi connectivity index (χ1v) is 8.46. The molecule has 0 aliphatic carbocycles. The Hall–Kier alpha value is -3.75. The summed E-state index contributed by atoms with van der Waals surface area (Å²) in [5, 5.41) is 9.31. The second kappa shape index (κ2) is 8.76. The van der Waals surface area contributed by atoms with Gasteiger partial charge in [-0.2, -0.15) is 5.10 Å². The molecule has 1 atom stereocenters. The Morgan fingerprint density at radius 2 is 2.04 bits per heavy atom. The molecular weight excluding hydrogens is 364 g/mol. The Morgan fingerprint density at radius 1 is 1.18 bits per heavy atom. The number of amides is 2. The normalized spacial score (nSPS) is 11.5. The maximum atomic E-state index is 12.3. The zero-order valence-electron chi connectivity index (χ0n) is 15.4. The fourth-order valence-corrected chi connectivity index (χ4v) is 2.63. The summed E-state index contributed by atoms with van der Waals surface area (Å²) >= 11 is 0. The fraction of sp³-hybridized carbons (Fsp3) is 0.211. The number of anilines is 1. The van der Waals surface area contributed by atoms with Crippen LogP contribution in [0.1, 0.15) is 11.8 Å². The highest BCUT2D eigenvalue weighted by Gasteiger charge is 2.21. The quantitative estimate of drug-likeness (QED) is 0.602. The fourth-order valence-electron chi connectivity index (χ4n) is 2.63. The van der Waals surface area contributed by atoms with Crippen molar-refractivity contribution in [2.24, 2.45) is 0 Å². The SMILES string of the molecule is COc1ccc(OC)c(NC(=O)C(=O)NCC(c2ccco2)n2cccn2)c1. The third kappa shape index (κ3) is 4.32. The first kappa shape index (κ1) is 19.0. The molecule has 2 aromatic heterocycles. The monoisotopic (exact) mass is 384 g/mol. The Bertz CT molecular complexity index is 888. The molecule has 9 heteroatoms. The van der Waals surface area contributed by atoms with Gasteiger partial charge in [-0.3, -0.25) is 14.3 Å². The summed E-state index contributed by atoms with van der Waals surface area (Å²) in [6.45, 7) is 0.122. The van der Waals surface area contributed by atoms with Crippen LogP contribution in [0.2, 0.25) is 0 Å². The number of aromatic nitrogens is 2. The van der Waals surface area contributed by atoms with E-state index in [-0.39, 0.29) is 12.6 Å². The van der Waals surface area contributed by atoms with Crippen LogP contribution >= 0.6 is 0 Å². The van der Waals surface area contributed by atoms with E-state index in [4.69, 9.17) is 13.9 Å². The number of ether oxygens (including phenoxy) is 2. The molecule has 0 fully saturated rings. The molecule has 3 rings (SSSR count). The van der Waals surface area contributed by atoms with Crippen molar-refractivity contribution in [1.82, 2.24) is 15.1 Å². The molecule has 1 unspecified atom stereocenters. The largest absolute Gasteiger partial charge is 0.497 e. The summed E-state index contributed by atoms with van der Waals surface area (Å²) in [6, 6.07) is 9.80. The van der Waals surface area contributed by atoms with E-state index in [1.54, 1.807) is 53.5 Å². The Balaban J connectivity index is 1.66.